The summed E-state index contributed by atoms with van der Waals surface area (Å²) in [7, 11) is 0. The first kappa shape index (κ1) is 15.4. The third-order valence-corrected chi connectivity index (χ3v) is 3.11. The molecule has 1 aromatic rings. The van der Waals surface area contributed by atoms with E-state index in [4.69, 9.17) is 10.8 Å². The van der Waals surface area contributed by atoms with Crippen molar-refractivity contribution in [3.8, 4) is 0 Å². The van der Waals surface area contributed by atoms with Crippen LogP contribution >= 0.6 is 22.6 Å². The molecule has 0 aliphatic heterocycles. The molecule has 0 aliphatic carbocycles. The number of halogens is 1. The highest BCUT2D eigenvalue weighted by Crippen LogP contribution is 2.07. The highest BCUT2D eigenvalue weighted by Gasteiger charge is 2.21. The van der Waals surface area contributed by atoms with Crippen LogP contribution in [0, 0.1) is 3.57 Å². The number of carboxylic acid groups (broad SMARTS) is 1. The maximum atomic E-state index is 11.8. The van der Waals surface area contributed by atoms with Crippen LogP contribution in [0.25, 0.3) is 0 Å². The Morgan fingerprint density at radius 2 is 1.84 bits per heavy atom. The second-order valence-electron chi connectivity index (χ2n) is 3.88. The Balaban J connectivity index is 2.68. The first-order valence-corrected chi connectivity index (χ1v) is 6.55. The molecule has 0 aliphatic rings. The maximum Gasteiger partial charge on any atom is 0.326 e. The molecular weight excluding hydrogens is 363 g/mol. The number of rotatable bonds is 6. The van der Waals surface area contributed by atoms with Crippen LogP contribution in [-0.4, -0.2) is 28.9 Å². The lowest BCUT2D eigenvalue weighted by Crippen LogP contribution is -2.41. The predicted molar refractivity (Wildman–Crippen MR) is 76.5 cm³/mol. The Morgan fingerprint density at radius 1 is 1.26 bits per heavy atom. The first-order chi connectivity index (χ1) is 8.90. The van der Waals surface area contributed by atoms with Gasteiger partial charge in [0.2, 0.25) is 5.91 Å². The van der Waals surface area contributed by atoms with Crippen molar-refractivity contribution in [1.82, 2.24) is 5.32 Å². The molecule has 0 spiro atoms. The van der Waals surface area contributed by atoms with Crippen LogP contribution in [-0.2, 0) is 9.59 Å². The van der Waals surface area contributed by atoms with Crippen LogP contribution in [0.1, 0.15) is 23.2 Å². The maximum absolute atomic E-state index is 11.8. The number of nitrogens with one attached hydrogen (secondary N) is 1. The number of aliphatic carboxylic acids is 1. The Morgan fingerprint density at radius 3 is 2.32 bits per heavy atom. The predicted octanol–water partition coefficient (Wildman–Crippen LogP) is 0.740. The molecule has 0 aromatic heterocycles. The Hall–Kier alpha value is -1.64. The third-order valence-electron chi connectivity index (χ3n) is 2.39. The number of primary amides is 1. The highest BCUT2D eigenvalue weighted by molar-refractivity contribution is 14.1. The molecular formula is C12H13IN2O4. The van der Waals surface area contributed by atoms with E-state index in [1.807, 2.05) is 0 Å². The van der Waals surface area contributed by atoms with Crippen LogP contribution in [0.15, 0.2) is 24.3 Å². The van der Waals surface area contributed by atoms with E-state index in [0.29, 0.717) is 5.56 Å². The van der Waals surface area contributed by atoms with Crippen molar-refractivity contribution in [1.29, 1.82) is 0 Å². The van der Waals surface area contributed by atoms with Crippen molar-refractivity contribution < 1.29 is 19.5 Å². The van der Waals surface area contributed by atoms with Crippen molar-refractivity contribution in [3.63, 3.8) is 0 Å². The van der Waals surface area contributed by atoms with Crippen molar-refractivity contribution in [3.05, 3.63) is 33.4 Å². The minimum atomic E-state index is -1.19. The lowest BCUT2D eigenvalue weighted by atomic mass is 10.1. The van der Waals surface area contributed by atoms with Crippen LogP contribution in [0.4, 0.5) is 0 Å². The van der Waals surface area contributed by atoms with E-state index < -0.39 is 23.8 Å². The average Bonchev–Trinajstić information content (AvgIpc) is 2.34. The number of carbonyl (C=O) groups excluding carboxylic acids is 2. The van der Waals surface area contributed by atoms with Gasteiger partial charge in [-0.2, -0.15) is 0 Å². The van der Waals surface area contributed by atoms with Gasteiger partial charge in [0.15, 0.2) is 0 Å². The molecule has 2 amide bonds. The van der Waals surface area contributed by atoms with E-state index in [9.17, 15) is 14.4 Å². The molecule has 102 valence electrons. The Bertz CT molecular complexity index is 487. The Kier molecular flexibility index (Phi) is 5.74. The average molecular weight is 376 g/mol. The van der Waals surface area contributed by atoms with Gasteiger partial charge in [0.05, 0.1) is 0 Å². The number of carboxylic acids is 1. The van der Waals surface area contributed by atoms with Gasteiger partial charge in [-0.05, 0) is 53.3 Å². The smallest absolute Gasteiger partial charge is 0.326 e. The standard InChI is InChI=1S/C12H13IN2O4/c13-8-3-1-7(2-4-8)11(17)15-9(12(18)19)5-6-10(14)16/h1-4,9H,5-6H2,(H2,14,16)(H,15,17)(H,18,19). The minimum Gasteiger partial charge on any atom is -0.480 e. The number of nitrogens with two attached hydrogens (primary N) is 1. The first-order valence-electron chi connectivity index (χ1n) is 5.47. The molecule has 0 radical (unpaired) electrons. The van der Waals surface area contributed by atoms with E-state index in [2.05, 4.69) is 27.9 Å². The summed E-state index contributed by atoms with van der Waals surface area (Å²) in [5.74, 6) is -2.29. The summed E-state index contributed by atoms with van der Waals surface area (Å²) in [5.41, 5.74) is 5.32. The second-order valence-corrected chi connectivity index (χ2v) is 5.12. The second kappa shape index (κ2) is 7.07. The highest BCUT2D eigenvalue weighted by atomic mass is 127. The van der Waals surface area contributed by atoms with Gasteiger partial charge >= 0.3 is 5.97 Å². The summed E-state index contributed by atoms with van der Waals surface area (Å²) >= 11 is 2.10. The molecule has 0 saturated heterocycles. The molecule has 19 heavy (non-hydrogen) atoms. The van der Waals surface area contributed by atoms with Gasteiger partial charge in [-0.15, -0.1) is 0 Å². The summed E-state index contributed by atoms with van der Waals surface area (Å²) in [5, 5.41) is 11.3. The van der Waals surface area contributed by atoms with Crippen LogP contribution < -0.4 is 11.1 Å². The molecule has 1 rings (SSSR count). The summed E-state index contributed by atoms with van der Waals surface area (Å²) < 4.78 is 0.970. The third kappa shape index (κ3) is 5.25. The monoisotopic (exact) mass is 376 g/mol. The van der Waals surface area contributed by atoms with Gasteiger partial charge < -0.3 is 16.2 Å². The fourth-order valence-electron chi connectivity index (χ4n) is 1.39. The van der Waals surface area contributed by atoms with Gasteiger partial charge in [-0.1, -0.05) is 0 Å². The molecule has 0 fully saturated rings. The van der Waals surface area contributed by atoms with Gasteiger partial charge in [0, 0.05) is 15.6 Å². The summed E-state index contributed by atoms with van der Waals surface area (Å²) in [6.07, 6.45) is -0.120. The summed E-state index contributed by atoms with van der Waals surface area (Å²) in [6, 6.07) is 5.57. The zero-order valence-corrected chi connectivity index (χ0v) is 12.1. The minimum absolute atomic E-state index is 0.0270. The van der Waals surface area contributed by atoms with E-state index >= 15 is 0 Å². The van der Waals surface area contributed by atoms with Gasteiger partial charge in [-0.3, -0.25) is 9.59 Å². The number of benzene rings is 1. The largest absolute Gasteiger partial charge is 0.480 e. The molecule has 1 unspecified atom stereocenters. The summed E-state index contributed by atoms with van der Waals surface area (Å²) in [4.78, 5) is 33.4. The molecule has 1 atom stereocenters. The quantitative estimate of drug-likeness (QED) is 0.637. The topological polar surface area (TPSA) is 109 Å². The van der Waals surface area contributed by atoms with Gasteiger partial charge in [0.25, 0.3) is 5.91 Å². The molecule has 0 bridgehead atoms. The fourth-order valence-corrected chi connectivity index (χ4v) is 1.75. The van der Waals surface area contributed by atoms with Crippen LogP contribution in [0.5, 0.6) is 0 Å². The number of hydrogen-bond acceptors (Lipinski definition) is 3. The fraction of sp³-hybridized carbons (Fsp3) is 0.250. The lowest BCUT2D eigenvalue weighted by Gasteiger charge is -2.13. The number of amides is 2. The molecule has 1 aromatic carbocycles. The van der Waals surface area contributed by atoms with Gasteiger partial charge in [0.1, 0.15) is 6.04 Å². The molecule has 4 N–H and O–H groups in total. The molecule has 6 nitrogen and oxygen atoms in total. The Labute approximate surface area is 123 Å². The van der Waals surface area contributed by atoms with Crippen molar-refractivity contribution in [2.45, 2.75) is 18.9 Å². The van der Waals surface area contributed by atoms with Crippen LogP contribution in [0.2, 0.25) is 0 Å². The summed E-state index contributed by atoms with van der Waals surface area (Å²) in [6.45, 7) is 0. The van der Waals surface area contributed by atoms with E-state index in [-0.39, 0.29) is 12.8 Å². The molecule has 0 saturated carbocycles. The number of carbonyl (C=O) groups is 3. The van der Waals surface area contributed by atoms with E-state index in [1.54, 1.807) is 24.3 Å². The zero-order valence-electron chi connectivity index (χ0n) is 9.93. The van der Waals surface area contributed by atoms with Crippen molar-refractivity contribution in [2.75, 3.05) is 0 Å². The molecule has 7 heteroatoms. The van der Waals surface area contributed by atoms with Gasteiger partial charge in [-0.25, -0.2) is 4.79 Å². The molecule has 0 heterocycles. The SMILES string of the molecule is NC(=O)CCC(NC(=O)c1ccc(I)cc1)C(=O)O. The lowest BCUT2D eigenvalue weighted by molar-refractivity contribution is -0.139. The van der Waals surface area contributed by atoms with E-state index in [0.717, 1.165) is 3.57 Å². The zero-order chi connectivity index (χ0) is 14.4. The van der Waals surface area contributed by atoms with E-state index in [1.165, 1.54) is 0 Å². The van der Waals surface area contributed by atoms with Crippen molar-refractivity contribution >= 4 is 40.4 Å². The van der Waals surface area contributed by atoms with Crippen LogP contribution in [0.3, 0.4) is 0 Å². The number of hydrogen-bond donors (Lipinski definition) is 3. The normalized spacial score (nSPS) is 11.6. The van der Waals surface area contributed by atoms with Crippen molar-refractivity contribution in [2.24, 2.45) is 5.73 Å².